The van der Waals surface area contributed by atoms with Crippen LogP contribution in [0.5, 0.6) is 0 Å². The fraction of sp³-hybridized carbons (Fsp3) is 0.889. The summed E-state index contributed by atoms with van der Waals surface area (Å²) in [5.41, 5.74) is 0. The van der Waals surface area contributed by atoms with Crippen LogP contribution in [-0.4, -0.2) is 34.4 Å². The fourth-order valence-corrected chi connectivity index (χ4v) is 2.56. The lowest BCUT2D eigenvalue weighted by Crippen LogP contribution is -2.45. The lowest BCUT2D eigenvalue weighted by molar-refractivity contribution is -0.131. The smallest absolute Gasteiger partial charge is 0.222 e. The molecule has 0 saturated carbocycles. The van der Waals surface area contributed by atoms with Crippen molar-refractivity contribution in [2.24, 2.45) is 0 Å². The number of carbonyl (C=O) groups excluding carboxylic acids is 1. The predicted molar refractivity (Wildman–Crippen MR) is 53.4 cm³/mol. The average Bonchev–Trinajstić information content (AvgIpc) is 2.01. The second kappa shape index (κ2) is 3.69. The van der Waals surface area contributed by atoms with Crippen LogP contribution in [0.1, 0.15) is 27.2 Å². The van der Waals surface area contributed by atoms with Gasteiger partial charge in [-0.1, -0.05) is 6.92 Å². The number of hydrogen-bond acceptors (Lipinski definition) is 2. The van der Waals surface area contributed by atoms with Crippen molar-refractivity contribution < 1.29 is 4.79 Å². The summed E-state index contributed by atoms with van der Waals surface area (Å²) in [7, 11) is 0. The van der Waals surface area contributed by atoms with Gasteiger partial charge in [0, 0.05) is 30.0 Å². The van der Waals surface area contributed by atoms with Crippen LogP contribution in [0.4, 0.5) is 0 Å². The van der Waals surface area contributed by atoms with Gasteiger partial charge in [-0.3, -0.25) is 4.79 Å². The van der Waals surface area contributed by atoms with Crippen molar-refractivity contribution >= 4 is 17.7 Å². The molecule has 0 aliphatic carbocycles. The number of thioether (sulfide) groups is 1. The first-order valence-electron chi connectivity index (χ1n) is 4.47. The Bertz CT molecular complexity index is 179. The van der Waals surface area contributed by atoms with Crippen LogP contribution in [0.3, 0.4) is 0 Å². The summed E-state index contributed by atoms with van der Waals surface area (Å²) in [4.78, 5) is 13.4. The molecule has 1 aliphatic rings. The molecule has 0 bridgehead atoms. The minimum absolute atomic E-state index is 0.253. The van der Waals surface area contributed by atoms with E-state index in [-0.39, 0.29) is 4.75 Å². The molecule has 0 N–H and O–H groups in total. The third-order valence-corrected chi connectivity index (χ3v) is 3.38. The largest absolute Gasteiger partial charge is 0.341 e. The zero-order valence-corrected chi connectivity index (χ0v) is 8.91. The van der Waals surface area contributed by atoms with E-state index < -0.39 is 0 Å². The first kappa shape index (κ1) is 9.90. The molecule has 0 aromatic carbocycles. The highest BCUT2D eigenvalue weighted by Crippen LogP contribution is 2.29. The molecule has 1 rings (SSSR count). The van der Waals surface area contributed by atoms with Gasteiger partial charge in [0.2, 0.25) is 5.91 Å². The number of carbonyl (C=O) groups is 1. The normalized spacial score (nSPS) is 22.4. The minimum Gasteiger partial charge on any atom is -0.341 e. The van der Waals surface area contributed by atoms with Gasteiger partial charge >= 0.3 is 0 Å². The first-order valence-corrected chi connectivity index (χ1v) is 5.45. The van der Waals surface area contributed by atoms with Gasteiger partial charge < -0.3 is 4.90 Å². The summed E-state index contributed by atoms with van der Waals surface area (Å²) in [5.74, 6) is 1.38. The molecule has 1 fully saturated rings. The molecule has 0 atom stereocenters. The van der Waals surface area contributed by atoms with E-state index in [1.54, 1.807) is 0 Å². The molecule has 70 valence electrons. The van der Waals surface area contributed by atoms with Crippen molar-refractivity contribution in [1.82, 2.24) is 4.90 Å². The number of amides is 1. The summed E-state index contributed by atoms with van der Waals surface area (Å²) < 4.78 is 0.253. The third kappa shape index (κ3) is 2.41. The zero-order chi connectivity index (χ0) is 9.19. The van der Waals surface area contributed by atoms with Crippen molar-refractivity contribution in [2.45, 2.75) is 31.9 Å². The minimum atomic E-state index is 0.253. The second-order valence-corrected chi connectivity index (χ2v) is 5.58. The maximum absolute atomic E-state index is 11.4. The number of nitrogens with zero attached hydrogens (tertiary/aromatic N) is 1. The summed E-state index contributed by atoms with van der Waals surface area (Å²) in [5, 5.41) is 0. The van der Waals surface area contributed by atoms with Gasteiger partial charge in [0.15, 0.2) is 0 Å². The SMILES string of the molecule is CCC(=O)N1CCSC(C)(C)C1. The average molecular weight is 187 g/mol. The van der Waals surface area contributed by atoms with Gasteiger partial charge in [0.1, 0.15) is 0 Å². The highest BCUT2D eigenvalue weighted by Gasteiger charge is 2.28. The molecular formula is C9H17NOS. The summed E-state index contributed by atoms with van der Waals surface area (Å²) in [6, 6.07) is 0. The van der Waals surface area contributed by atoms with Crippen molar-refractivity contribution in [2.75, 3.05) is 18.8 Å². The summed E-state index contributed by atoms with van der Waals surface area (Å²) >= 11 is 1.96. The van der Waals surface area contributed by atoms with Crippen LogP contribution in [-0.2, 0) is 4.79 Å². The van der Waals surface area contributed by atoms with E-state index in [1.807, 2.05) is 23.6 Å². The van der Waals surface area contributed by atoms with Crippen molar-refractivity contribution in [1.29, 1.82) is 0 Å². The Labute approximate surface area is 78.7 Å². The highest BCUT2D eigenvalue weighted by molar-refractivity contribution is 8.00. The van der Waals surface area contributed by atoms with Crippen LogP contribution in [0, 0.1) is 0 Å². The van der Waals surface area contributed by atoms with Crippen LogP contribution in [0.2, 0.25) is 0 Å². The second-order valence-electron chi connectivity index (χ2n) is 3.78. The Morgan fingerprint density at radius 2 is 2.25 bits per heavy atom. The summed E-state index contributed by atoms with van der Waals surface area (Å²) in [6.07, 6.45) is 0.640. The van der Waals surface area contributed by atoms with E-state index in [4.69, 9.17) is 0 Å². The van der Waals surface area contributed by atoms with E-state index in [1.165, 1.54) is 0 Å². The molecule has 1 saturated heterocycles. The third-order valence-electron chi connectivity index (χ3n) is 2.08. The molecule has 0 aromatic heterocycles. The molecule has 12 heavy (non-hydrogen) atoms. The van der Waals surface area contributed by atoms with Crippen LogP contribution < -0.4 is 0 Å². The lowest BCUT2D eigenvalue weighted by atomic mass is 10.2. The highest BCUT2D eigenvalue weighted by atomic mass is 32.2. The van der Waals surface area contributed by atoms with E-state index >= 15 is 0 Å². The molecule has 3 heteroatoms. The Morgan fingerprint density at radius 1 is 1.58 bits per heavy atom. The Hall–Kier alpha value is -0.180. The maximum Gasteiger partial charge on any atom is 0.222 e. The van der Waals surface area contributed by atoms with Crippen LogP contribution in [0.25, 0.3) is 0 Å². The standard InChI is InChI=1S/C9H17NOS/c1-4-8(11)10-5-6-12-9(2,3)7-10/h4-7H2,1-3H3. The molecule has 2 nitrogen and oxygen atoms in total. The van der Waals surface area contributed by atoms with Crippen molar-refractivity contribution in [3.8, 4) is 0 Å². The van der Waals surface area contributed by atoms with Crippen molar-refractivity contribution in [3.63, 3.8) is 0 Å². The molecule has 1 aliphatic heterocycles. The Morgan fingerprint density at radius 3 is 2.75 bits per heavy atom. The van der Waals surface area contributed by atoms with Gasteiger partial charge in [0.25, 0.3) is 0 Å². The molecule has 1 heterocycles. The van der Waals surface area contributed by atoms with Crippen molar-refractivity contribution in [3.05, 3.63) is 0 Å². The van der Waals surface area contributed by atoms with E-state index in [0.717, 1.165) is 18.8 Å². The van der Waals surface area contributed by atoms with Gasteiger partial charge in [0.05, 0.1) is 0 Å². The van der Waals surface area contributed by atoms with Crippen LogP contribution >= 0.6 is 11.8 Å². The number of hydrogen-bond donors (Lipinski definition) is 0. The molecule has 0 radical (unpaired) electrons. The van der Waals surface area contributed by atoms with Gasteiger partial charge in [-0.2, -0.15) is 11.8 Å². The first-order chi connectivity index (χ1) is 5.55. The molecule has 0 spiro atoms. The maximum atomic E-state index is 11.4. The van der Waals surface area contributed by atoms with E-state index in [9.17, 15) is 4.79 Å². The zero-order valence-electron chi connectivity index (χ0n) is 8.09. The Kier molecular flexibility index (Phi) is 3.04. The molecule has 0 aromatic rings. The molecular weight excluding hydrogens is 170 g/mol. The van der Waals surface area contributed by atoms with Gasteiger partial charge in [-0.15, -0.1) is 0 Å². The Balaban J connectivity index is 2.52. The lowest BCUT2D eigenvalue weighted by Gasteiger charge is -2.37. The van der Waals surface area contributed by atoms with Gasteiger partial charge in [-0.25, -0.2) is 0 Å². The summed E-state index contributed by atoms with van der Waals surface area (Å²) in [6.45, 7) is 8.17. The predicted octanol–water partition coefficient (Wildman–Crippen LogP) is 1.75. The van der Waals surface area contributed by atoms with E-state index in [0.29, 0.717) is 12.3 Å². The van der Waals surface area contributed by atoms with Crippen LogP contribution in [0.15, 0.2) is 0 Å². The monoisotopic (exact) mass is 187 g/mol. The number of rotatable bonds is 1. The van der Waals surface area contributed by atoms with E-state index in [2.05, 4.69) is 13.8 Å². The van der Waals surface area contributed by atoms with Gasteiger partial charge in [-0.05, 0) is 13.8 Å². The topological polar surface area (TPSA) is 20.3 Å². The quantitative estimate of drug-likeness (QED) is 0.623. The molecule has 1 amide bonds. The molecule has 0 unspecified atom stereocenters. The fourth-order valence-electron chi connectivity index (χ4n) is 1.45.